The summed E-state index contributed by atoms with van der Waals surface area (Å²) in [4.78, 5) is 38.4. The van der Waals surface area contributed by atoms with E-state index < -0.39 is 17.5 Å². The molecule has 1 fully saturated rings. The lowest BCUT2D eigenvalue weighted by Gasteiger charge is -2.31. The summed E-state index contributed by atoms with van der Waals surface area (Å²) in [6.07, 6.45) is 0.678. The zero-order valence-electron chi connectivity index (χ0n) is 17.6. The number of nitrogens with zero attached hydrogens (tertiary/aromatic N) is 1. The predicted molar refractivity (Wildman–Crippen MR) is 120 cm³/mol. The molecule has 4 rings (SSSR count). The number of amides is 4. The van der Waals surface area contributed by atoms with Crippen LogP contribution in [0.1, 0.15) is 11.1 Å². The van der Waals surface area contributed by atoms with Gasteiger partial charge in [-0.1, -0.05) is 66.7 Å². The zero-order valence-corrected chi connectivity index (χ0v) is 17.6. The molecule has 32 heavy (non-hydrogen) atoms. The summed E-state index contributed by atoms with van der Waals surface area (Å²) in [5.41, 5.74) is 2.08. The van der Waals surface area contributed by atoms with Gasteiger partial charge in [0, 0.05) is 6.54 Å². The summed E-state index contributed by atoms with van der Waals surface area (Å²) in [5.74, 6) is 0.180. The fourth-order valence-electron chi connectivity index (χ4n) is 3.92. The second-order valence-corrected chi connectivity index (χ2v) is 7.62. The number of methoxy groups -OCH3 is 1. The SMILES string of the molecule is COc1cccc(CN(C=O)CC2(c3ccc(-c4ccccc4)cc3)NC(=O)NC2=O)c1. The Morgan fingerprint density at radius 1 is 0.938 bits per heavy atom. The van der Waals surface area contributed by atoms with Crippen LogP contribution in [-0.2, 0) is 21.7 Å². The summed E-state index contributed by atoms with van der Waals surface area (Å²) in [5, 5.41) is 5.05. The Morgan fingerprint density at radius 2 is 1.66 bits per heavy atom. The maximum Gasteiger partial charge on any atom is 0.322 e. The van der Waals surface area contributed by atoms with E-state index in [2.05, 4.69) is 10.6 Å². The summed E-state index contributed by atoms with van der Waals surface area (Å²) < 4.78 is 5.24. The van der Waals surface area contributed by atoms with Gasteiger partial charge in [0.1, 0.15) is 5.75 Å². The Bertz CT molecular complexity index is 1130. The van der Waals surface area contributed by atoms with Gasteiger partial charge in [-0.05, 0) is 34.4 Å². The number of hydrogen-bond acceptors (Lipinski definition) is 4. The van der Waals surface area contributed by atoms with Crippen molar-refractivity contribution < 1.29 is 19.1 Å². The number of nitrogens with one attached hydrogen (secondary N) is 2. The number of carbonyl (C=O) groups is 3. The highest BCUT2D eigenvalue weighted by molar-refractivity contribution is 6.07. The van der Waals surface area contributed by atoms with E-state index in [1.807, 2.05) is 78.9 Å². The predicted octanol–water partition coefficient (Wildman–Crippen LogP) is 3.06. The molecule has 3 aromatic carbocycles. The molecule has 0 aliphatic carbocycles. The molecule has 7 heteroatoms. The molecule has 0 spiro atoms. The van der Waals surface area contributed by atoms with Crippen molar-refractivity contribution in [3.8, 4) is 16.9 Å². The molecule has 2 N–H and O–H groups in total. The van der Waals surface area contributed by atoms with E-state index in [4.69, 9.17) is 4.74 Å². The third-order valence-corrected chi connectivity index (χ3v) is 5.54. The van der Waals surface area contributed by atoms with Gasteiger partial charge in [-0.3, -0.25) is 14.9 Å². The molecule has 1 heterocycles. The van der Waals surface area contributed by atoms with Gasteiger partial charge < -0.3 is 15.0 Å². The quantitative estimate of drug-likeness (QED) is 0.426. The Hall–Kier alpha value is -4.13. The molecule has 1 aliphatic heterocycles. The standard InChI is InChI=1S/C25H23N3O4/c1-32-22-9-5-6-18(14-22)15-28(17-29)16-25(23(30)26-24(31)27-25)21-12-10-20(11-13-21)19-7-3-2-4-8-19/h2-14,17H,15-16H2,1H3,(H2,26,27,30,31). The van der Waals surface area contributed by atoms with Crippen LogP contribution in [0, 0.1) is 0 Å². The third-order valence-electron chi connectivity index (χ3n) is 5.54. The number of urea groups is 1. The van der Waals surface area contributed by atoms with Crippen LogP contribution < -0.4 is 15.4 Å². The van der Waals surface area contributed by atoms with E-state index in [1.165, 1.54) is 4.90 Å². The minimum Gasteiger partial charge on any atom is -0.497 e. The topological polar surface area (TPSA) is 87.7 Å². The smallest absolute Gasteiger partial charge is 0.322 e. The van der Waals surface area contributed by atoms with Crippen molar-refractivity contribution in [2.45, 2.75) is 12.1 Å². The molecule has 1 saturated heterocycles. The summed E-state index contributed by atoms with van der Waals surface area (Å²) in [6, 6.07) is 24.0. The number of rotatable bonds is 8. The minimum absolute atomic E-state index is 0.0179. The molecule has 7 nitrogen and oxygen atoms in total. The molecular weight excluding hydrogens is 406 g/mol. The molecule has 1 atom stereocenters. The Balaban J connectivity index is 1.63. The average molecular weight is 429 g/mol. The van der Waals surface area contributed by atoms with E-state index in [0.717, 1.165) is 16.7 Å². The average Bonchev–Trinajstić information content (AvgIpc) is 3.12. The molecule has 0 saturated carbocycles. The summed E-state index contributed by atoms with van der Waals surface area (Å²) >= 11 is 0. The molecular formula is C25H23N3O4. The van der Waals surface area contributed by atoms with Crippen LogP contribution in [0.3, 0.4) is 0 Å². The molecule has 1 aliphatic rings. The largest absolute Gasteiger partial charge is 0.497 e. The first-order valence-corrected chi connectivity index (χ1v) is 10.2. The number of benzene rings is 3. The van der Waals surface area contributed by atoms with Crippen molar-refractivity contribution >= 4 is 18.3 Å². The van der Waals surface area contributed by atoms with Crippen molar-refractivity contribution in [2.75, 3.05) is 13.7 Å². The van der Waals surface area contributed by atoms with Gasteiger partial charge in [0.05, 0.1) is 13.7 Å². The van der Waals surface area contributed by atoms with Crippen LogP contribution in [0.15, 0.2) is 78.9 Å². The van der Waals surface area contributed by atoms with Crippen molar-refractivity contribution in [3.63, 3.8) is 0 Å². The lowest BCUT2D eigenvalue weighted by atomic mass is 9.88. The number of carbonyl (C=O) groups excluding carboxylic acids is 3. The van der Waals surface area contributed by atoms with Gasteiger partial charge in [0.15, 0.2) is 5.54 Å². The first kappa shape index (κ1) is 21.1. The normalized spacial score (nSPS) is 17.4. The highest BCUT2D eigenvalue weighted by Gasteiger charge is 2.48. The van der Waals surface area contributed by atoms with Crippen molar-refractivity contribution in [1.29, 1.82) is 0 Å². The molecule has 0 bridgehead atoms. The minimum atomic E-state index is -1.38. The van der Waals surface area contributed by atoms with Gasteiger partial charge in [0.25, 0.3) is 5.91 Å². The molecule has 1 unspecified atom stereocenters. The highest BCUT2D eigenvalue weighted by Crippen LogP contribution is 2.29. The fourth-order valence-corrected chi connectivity index (χ4v) is 3.92. The molecule has 3 aromatic rings. The van der Waals surface area contributed by atoms with Crippen LogP contribution in [0.2, 0.25) is 0 Å². The van der Waals surface area contributed by atoms with E-state index in [-0.39, 0.29) is 13.1 Å². The number of imide groups is 1. The van der Waals surface area contributed by atoms with Crippen molar-refractivity contribution in [1.82, 2.24) is 15.5 Å². The lowest BCUT2D eigenvalue weighted by Crippen LogP contribution is -2.52. The zero-order chi connectivity index (χ0) is 22.6. The van der Waals surface area contributed by atoms with Gasteiger partial charge in [-0.2, -0.15) is 0 Å². The van der Waals surface area contributed by atoms with Gasteiger partial charge in [0.2, 0.25) is 6.41 Å². The van der Waals surface area contributed by atoms with E-state index >= 15 is 0 Å². The van der Waals surface area contributed by atoms with Crippen LogP contribution in [0.5, 0.6) is 5.75 Å². The van der Waals surface area contributed by atoms with Gasteiger partial charge in [-0.25, -0.2) is 4.79 Å². The van der Waals surface area contributed by atoms with Gasteiger partial charge in [-0.15, -0.1) is 0 Å². The number of ether oxygens (including phenoxy) is 1. The third kappa shape index (κ3) is 4.18. The second kappa shape index (κ2) is 8.93. The summed E-state index contributed by atoms with van der Waals surface area (Å²) in [7, 11) is 1.57. The van der Waals surface area contributed by atoms with Crippen molar-refractivity contribution in [3.05, 3.63) is 90.0 Å². The first-order valence-electron chi connectivity index (χ1n) is 10.2. The maximum absolute atomic E-state index is 12.9. The fraction of sp³-hybridized carbons (Fsp3) is 0.160. The maximum atomic E-state index is 12.9. The molecule has 4 amide bonds. The van der Waals surface area contributed by atoms with Crippen LogP contribution in [-0.4, -0.2) is 36.9 Å². The van der Waals surface area contributed by atoms with Crippen molar-refractivity contribution in [2.24, 2.45) is 0 Å². The summed E-state index contributed by atoms with van der Waals surface area (Å²) in [6.45, 7) is 0.240. The molecule has 0 radical (unpaired) electrons. The molecule has 0 aromatic heterocycles. The monoisotopic (exact) mass is 429 g/mol. The van der Waals surface area contributed by atoms with E-state index in [9.17, 15) is 14.4 Å². The highest BCUT2D eigenvalue weighted by atomic mass is 16.5. The Kier molecular flexibility index (Phi) is 5.89. The van der Waals surface area contributed by atoms with Crippen LogP contribution in [0.25, 0.3) is 11.1 Å². The lowest BCUT2D eigenvalue weighted by molar-refractivity contribution is -0.127. The molecule has 162 valence electrons. The Morgan fingerprint density at radius 3 is 2.28 bits per heavy atom. The van der Waals surface area contributed by atoms with E-state index in [1.54, 1.807) is 7.11 Å². The van der Waals surface area contributed by atoms with Crippen LogP contribution >= 0.6 is 0 Å². The van der Waals surface area contributed by atoms with Gasteiger partial charge >= 0.3 is 6.03 Å². The Labute approximate surface area is 186 Å². The number of hydrogen-bond donors (Lipinski definition) is 2. The van der Waals surface area contributed by atoms with E-state index in [0.29, 0.717) is 17.7 Å². The second-order valence-electron chi connectivity index (χ2n) is 7.62. The first-order chi connectivity index (χ1) is 15.5. The van der Waals surface area contributed by atoms with Crippen LogP contribution in [0.4, 0.5) is 4.79 Å².